The quantitative estimate of drug-likeness (QED) is 0.902. The second-order valence-corrected chi connectivity index (χ2v) is 5.47. The lowest BCUT2D eigenvalue weighted by Crippen LogP contribution is -2.50. The topological polar surface area (TPSA) is 68.5 Å². The summed E-state index contributed by atoms with van der Waals surface area (Å²) in [6, 6.07) is 3.89. The highest BCUT2D eigenvalue weighted by atomic mass is 16.5. The molecule has 1 aromatic rings. The van der Waals surface area contributed by atoms with Gasteiger partial charge < -0.3 is 15.4 Å². The zero-order chi connectivity index (χ0) is 14.6. The first-order valence-electron chi connectivity index (χ1n) is 7.06. The molecule has 0 bridgehead atoms. The van der Waals surface area contributed by atoms with Gasteiger partial charge in [-0.2, -0.15) is 0 Å². The molecule has 1 unspecified atom stereocenters. The lowest BCUT2D eigenvalue weighted by molar-refractivity contribution is -0.147. The van der Waals surface area contributed by atoms with Gasteiger partial charge in [-0.1, -0.05) is 0 Å². The summed E-state index contributed by atoms with van der Waals surface area (Å²) in [7, 11) is 1.85. The van der Waals surface area contributed by atoms with Crippen LogP contribution in [0.4, 0.5) is 0 Å². The number of amides is 1. The van der Waals surface area contributed by atoms with E-state index in [1.807, 2.05) is 26.1 Å². The van der Waals surface area contributed by atoms with E-state index in [1.165, 1.54) is 0 Å². The second-order valence-electron chi connectivity index (χ2n) is 5.47. The number of nitrogens with zero attached hydrogens (tertiary/aromatic N) is 2. The van der Waals surface area contributed by atoms with E-state index in [1.54, 1.807) is 17.3 Å². The van der Waals surface area contributed by atoms with E-state index in [2.05, 4.69) is 4.98 Å². The number of carbonyl (C=O) groups is 1. The van der Waals surface area contributed by atoms with Crippen LogP contribution in [0.1, 0.15) is 31.4 Å². The molecule has 1 aliphatic rings. The fourth-order valence-electron chi connectivity index (χ4n) is 2.68. The largest absolute Gasteiger partial charge is 0.381 e. The molecule has 2 heterocycles. The summed E-state index contributed by atoms with van der Waals surface area (Å²) in [6.07, 6.45) is 4.90. The number of pyridine rings is 1. The summed E-state index contributed by atoms with van der Waals surface area (Å²) in [4.78, 5) is 18.7. The van der Waals surface area contributed by atoms with E-state index in [-0.39, 0.29) is 11.9 Å². The highest BCUT2D eigenvalue weighted by Gasteiger charge is 2.41. The molecule has 5 heteroatoms. The first-order chi connectivity index (χ1) is 9.60. The van der Waals surface area contributed by atoms with Gasteiger partial charge in [0.05, 0.1) is 11.5 Å². The third kappa shape index (κ3) is 2.83. The molecule has 2 rings (SSSR count). The van der Waals surface area contributed by atoms with Gasteiger partial charge in [-0.25, -0.2) is 0 Å². The molecule has 110 valence electrons. The van der Waals surface area contributed by atoms with Gasteiger partial charge in [0.25, 0.3) is 0 Å². The van der Waals surface area contributed by atoms with Gasteiger partial charge in [-0.3, -0.25) is 9.78 Å². The van der Waals surface area contributed by atoms with Crippen molar-refractivity contribution in [2.45, 2.75) is 25.8 Å². The summed E-state index contributed by atoms with van der Waals surface area (Å²) in [5, 5.41) is 0. The first-order valence-corrected chi connectivity index (χ1v) is 7.06. The number of carbonyl (C=O) groups excluding carboxylic acids is 1. The molecule has 1 amide bonds. The number of hydrogen-bond acceptors (Lipinski definition) is 4. The number of hydrogen-bond donors (Lipinski definition) is 1. The molecule has 2 N–H and O–H groups in total. The maximum atomic E-state index is 12.8. The Hall–Kier alpha value is -1.46. The fraction of sp³-hybridized carbons (Fsp3) is 0.600. The van der Waals surface area contributed by atoms with Crippen molar-refractivity contribution in [3.05, 3.63) is 30.1 Å². The minimum absolute atomic E-state index is 0.0109. The predicted molar refractivity (Wildman–Crippen MR) is 77.0 cm³/mol. The Bertz CT molecular complexity index is 444. The molecule has 1 aliphatic heterocycles. The zero-order valence-electron chi connectivity index (χ0n) is 12.2. The van der Waals surface area contributed by atoms with Crippen molar-refractivity contribution >= 4 is 5.91 Å². The molecule has 0 saturated carbocycles. The summed E-state index contributed by atoms with van der Waals surface area (Å²) < 4.78 is 5.37. The Morgan fingerprint density at radius 3 is 2.60 bits per heavy atom. The van der Waals surface area contributed by atoms with Crippen molar-refractivity contribution in [3.63, 3.8) is 0 Å². The van der Waals surface area contributed by atoms with Crippen LogP contribution >= 0.6 is 0 Å². The van der Waals surface area contributed by atoms with Crippen molar-refractivity contribution in [2.75, 3.05) is 26.8 Å². The van der Waals surface area contributed by atoms with Crippen LogP contribution in [0, 0.1) is 5.41 Å². The minimum Gasteiger partial charge on any atom is -0.381 e. The van der Waals surface area contributed by atoms with Crippen LogP contribution in [0.2, 0.25) is 0 Å². The minimum atomic E-state index is -0.464. The lowest BCUT2D eigenvalue weighted by Gasteiger charge is -2.39. The van der Waals surface area contributed by atoms with E-state index in [0.717, 1.165) is 5.56 Å². The van der Waals surface area contributed by atoms with Gasteiger partial charge in [-0.05, 0) is 37.5 Å². The molecule has 1 saturated heterocycles. The van der Waals surface area contributed by atoms with Crippen LogP contribution in [0.25, 0.3) is 0 Å². The summed E-state index contributed by atoms with van der Waals surface area (Å²) in [6.45, 7) is 3.63. The van der Waals surface area contributed by atoms with Crippen LogP contribution in [0.3, 0.4) is 0 Å². The first kappa shape index (κ1) is 14.9. The molecule has 20 heavy (non-hydrogen) atoms. The van der Waals surface area contributed by atoms with Gasteiger partial charge in [-0.15, -0.1) is 0 Å². The van der Waals surface area contributed by atoms with Crippen LogP contribution < -0.4 is 5.73 Å². The van der Waals surface area contributed by atoms with Gasteiger partial charge in [0.2, 0.25) is 5.91 Å². The Morgan fingerprint density at radius 1 is 1.45 bits per heavy atom. The SMILES string of the molecule is CC(c1ccncc1)N(C)C(=O)C1(CN)CCOCC1. The molecule has 1 atom stereocenters. The second kappa shape index (κ2) is 6.33. The molecule has 0 spiro atoms. The van der Waals surface area contributed by atoms with E-state index in [0.29, 0.717) is 32.6 Å². The number of ether oxygens (including phenoxy) is 1. The third-order valence-corrected chi connectivity index (χ3v) is 4.38. The summed E-state index contributed by atoms with van der Waals surface area (Å²) in [5.41, 5.74) is 6.52. The maximum absolute atomic E-state index is 12.8. The predicted octanol–water partition coefficient (Wildman–Crippen LogP) is 1.36. The molecular weight excluding hydrogens is 254 g/mol. The standard InChI is InChI=1S/C15H23N3O2/c1-12(13-3-7-17-8-4-13)18(2)14(19)15(11-16)5-9-20-10-6-15/h3-4,7-8,12H,5-6,9-11,16H2,1-2H3. The monoisotopic (exact) mass is 277 g/mol. The summed E-state index contributed by atoms with van der Waals surface area (Å²) in [5.74, 6) is 0.118. The molecule has 5 nitrogen and oxygen atoms in total. The van der Waals surface area contributed by atoms with Crippen molar-refractivity contribution < 1.29 is 9.53 Å². The number of aromatic nitrogens is 1. The van der Waals surface area contributed by atoms with Crippen LogP contribution in [-0.2, 0) is 9.53 Å². The Labute approximate surface area is 120 Å². The average molecular weight is 277 g/mol. The van der Waals surface area contributed by atoms with E-state index >= 15 is 0 Å². The highest BCUT2D eigenvalue weighted by Crippen LogP contribution is 2.33. The Balaban J connectivity index is 2.15. The molecule has 0 aromatic carbocycles. The maximum Gasteiger partial charge on any atom is 0.230 e. The fourth-order valence-corrected chi connectivity index (χ4v) is 2.68. The van der Waals surface area contributed by atoms with E-state index in [4.69, 9.17) is 10.5 Å². The van der Waals surface area contributed by atoms with E-state index in [9.17, 15) is 4.79 Å². The third-order valence-electron chi connectivity index (χ3n) is 4.38. The van der Waals surface area contributed by atoms with Gasteiger partial charge in [0, 0.05) is 39.2 Å². The van der Waals surface area contributed by atoms with Crippen molar-refractivity contribution in [1.82, 2.24) is 9.88 Å². The lowest BCUT2D eigenvalue weighted by atomic mass is 9.78. The Morgan fingerprint density at radius 2 is 2.05 bits per heavy atom. The zero-order valence-corrected chi connectivity index (χ0v) is 12.2. The number of rotatable bonds is 4. The van der Waals surface area contributed by atoms with Crippen molar-refractivity contribution in [2.24, 2.45) is 11.1 Å². The van der Waals surface area contributed by atoms with Crippen molar-refractivity contribution in [1.29, 1.82) is 0 Å². The van der Waals surface area contributed by atoms with Crippen LogP contribution in [0.5, 0.6) is 0 Å². The smallest absolute Gasteiger partial charge is 0.230 e. The molecular formula is C15H23N3O2. The van der Waals surface area contributed by atoms with E-state index < -0.39 is 5.41 Å². The van der Waals surface area contributed by atoms with Gasteiger partial charge in [0.1, 0.15) is 0 Å². The van der Waals surface area contributed by atoms with Gasteiger partial charge in [0.15, 0.2) is 0 Å². The Kier molecular flexibility index (Phi) is 4.73. The van der Waals surface area contributed by atoms with Crippen LogP contribution in [0.15, 0.2) is 24.5 Å². The van der Waals surface area contributed by atoms with Crippen LogP contribution in [-0.4, -0.2) is 42.6 Å². The normalized spacial score (nSPS) is 19.4. The molecule has 0 aliphatic carbocycles. The molecule has 1 aromatic heterocycles. The highest BCUT2D eigenvalue weighted by molar-refractivity contribution is 5.83. The number of nitrogens with two attached hydrogens (primary N) is 1. The summed E-state index contributed by atoms with van der Waals surface area (Å²) >= 11 is 0. The van der Waals surface area contributed by atoms with Gasteiger partial charge >= 0.3 is 0 Å². The average Bonchev–Trinajstić information content (AvgIpc) is 2.54. The molecule has 0 radical (unpaired) electrons. The van der Waals surface area contributed by atoms with Crippen molar-refractivity contribution in [3.8, 4) is 0 Å². The molecule has 1 fully saturated rings.